The van der Waals surface area contributed by atoms with Gasteiger partial charge in [0.1, 0.15) is 0 Å². The van der Waals surface area contributed by atoms with Crippen LogP contribution in [0.1, 0.15) is 21.4 Å². The molecule has 1 unspecified atom stereocenters. The number of hydrogen-bond acceptors (Lipinski definition) is 4. The van der Waals surface area contributed by atoms with Gasteiger partial charge in [-0.05, 0) is 24.6 Å². The van der Waals surface area contributed by atoms with Gasteiger partial charge in [0.25, 0.3) is 5.91 Å². The smallest absolute Gasteiger partial charge is 0.273 e. The Labute approximate surface area is 115 Å². The van der Waals surface area contributed by atoms with Gasteiger partial charge in [-0.15, -0.1) is 11.3 Å². The maximum Gasteiger partial charge on any atom is 0.273 e. The summed E-state index contributed by atoms with van der Waals surface area (Å²) in [6, 6.07) is 12.6. The average Bonchev–Trinajstić information content (AvgIpc) is 2.84. The minimum atomic E-state index is -1.21. The predicted molar refractivity (Wildman–Crippen MR) is 76.2 cm³/mol. The van der Waals surface area contributed by atoms with Crippen LogP contribution in [0.15, 0.2) is 47.6 Å². The SMILES string of the molecule is Cc1ccc(/C=N/NC(=O)C(O)c2ccccc2)s1. The molecule has 2 aromatic rings. The van der Waals surface area contributed by atoms with Gasteiger partial charge in [0.15, 0.2) is 6.10 Å². The maximum atomic E-state index is 11.7. The van der Waals surface area contributed by atoms with Gasteiger partial charge in [0.05, 0.1) is 6.21 Å². The van der Waals surface area contributed by atoms with Gasteiger partial charge in [-0.1, -0.05) is 30.3 Å². The number of nitrogens with one attached hydrogen (secondary N) is 1. The van der Waals surface area contributed by atoms with Gasteiger partial charge < -0.3 is 5.11 Å². The molecule has 1 aromatic heterocycles. The number of aliphatic hydroxyl groups excluding tert-OH is 1. The van der Waals surface area contributed by atoms with E-state index in [2.05, 4.69) is 10.5 Å². The van der Waals surface area contributed by atoms with Gasteiger partial charge >= 0.3 is 0 Å². The summed E-state index contributed by atoms with van der Waals surface area (Å²) in [5, 5.41) is 13.6. The summed E-state index contributed by atoms with van der Waals surface area (Å²) in [5.41, 5.74) is 2.87. The second kappa shape index (κ2) is 6.26. The lowest BCUT2D eigenvalue weighted by Crippen LogP contribution is -2.25. The van der Waals surface area contributed by atoms with Crippen LogP contribution >= 0.6 is 11.3 Å². The first-order valence-electron chi connectivity index (χ1n) is 5.79. The number of hydrogen-bond donors (Lipinski definition) is 2. The van der Waals surface area contributed by atoms with E-state index in [0.717, 1.165) is 4.88 Å². The molecule has 0 aliphatic carbocycles. The molecule has 0 radical (unpaired) electrons. The molecule has 2 N–H and O–H groups in total. The predicted octanol–water partition coefficient (Wildman–Crippen LogP) is 2.24. The van der Waals surface area contributed by atoms with Gasteiger partial charge in [-0.25, -0.2) is 5.43 Å². The van der Waals surface area contributed by atoms with Crippen LogP contribution in [0.5, 0.6) is 0 Å². The molecule has 5 heteroatoms. The number of nitrogens with zero attached hydrogens (tertiary/aromatic N) is 1. The van der Waals surface area contributed by atoms with Crippen LogP contribution in [0, 0.1) is 6.92 Å². The number of carbonyl (C=O) groups excluding carboxylic acids is 1. The van der Waals surface area contributed by atoms with Crippen LogP contribution in [0.25, 0.3) is 0 Å². The molecule has 4 nitrogen and oxygen atoms in total. The average molecular weight is 274 g/mol. The summed E-state index contributed by atoms with van der Waals surface area (Å²) in [5.74, 6) is -0.546. The standard InChI is InChI=1S/C14H14N2O2S/c1-10-7-8-12(19-10)9-15-16-14(18)13(17)11-5-3-2-4-6-11/h2-9,13,17H,1H3,(H,16,18)/b15-9+. The molecule has 0 aliphatic heterocycles. The highest BCUT2D eigenvalue weighted by Gasteiger charge is 2.15. The van der Waals surface area contributed by atoms with Crippen molar-refractivity contribution in [2.45, 2.75) is 13.0 Å². The number of rotatable bonds is 4. The van der Waals surface area contributed by atoms with Crippen molar-refractivity contribution in [2.75, 3.05) is 0 Å². The van der Waals surface area contributed by atoms with Crippen molar-refractivity contribution in [1.29, 1.82) is 0 Å². The first kappa shape index (κ1) is 13.5. The van der Waals surface area contributed by atoms with Gasteiger partial charge in [0.2, 0.25) is 0 Å². The van der Waals surface area contributed by atoms with Crippen LogP contribution in [0.2, 0.25) is 0 Å². The van der Waals surface area contributed by atoms with E-state index in [0.29, 0.717) is 5.56 Å². The maximum absolute atomic E-state index is 11.7. The minimum Gasteiger partial charge on any atom is -0.378 e. The molecule has 1 heterocycles. The minimum absolute atomic E-state index is 0.544. The zero-order chi connectivity index (χ0) is 13.7. The monoisotopic (exact) mass is 274 g/mol. The zero-order valence-corrected chi connectivity index (χ0v) is 11.2. The Hall–Kier alpha value is -1.98. The Bertz CT molecular complexity index is 578. The normalized spacial score (nSPS) is 12.5. The molecular formula is C14H14N2O2S. The zero-order valence-electron chi connectivity index (χ0n) is 10.4. The summed E-state index contributed by atoms with van der Waals surface area (Å²) in [6.07, 6.45) is 0.358. The Morgan fingerprint density at radius 3 is 2.68 bits per heavy atom. The lowest BCUT2D eigenvalue weighted by atomic mass is 10.1. The molecule has 2 rings (SSSR count). The fourth-order valence-corrected chi connectivity index (χ4v) is 2.28. The van der Waals surface area contributed by atoms with Gasteiger partial charge in [-0.2, -0.15) is 5.10 Å². The third-order valence-electron chi connectivity index (χ3n) is 2.49. The summed E-state index contributed by atoms with van der Waals surface area (Å²) >= 11 is 1.58. The van der Waals surface area contributed by atoms with Crippen LogP contribution in [-0.2, 0) is 4.79 Å². The summed E-state index contributed by atoms with van der Waals surface area (Å²) in [6.45, 7) is 2.00. The molecular weight excluding hydrogens is 260 g/mol. The lowest BCUT2D eigenvalue weighted by molar-refractivity contribution is -0.129. The number of hydrazone groups is 1. The Kier molecular flexibility index (Phi) is 4.43. The first-order valence-corrected chi connectivity index (χ1v) is 6.61. The van der Waals surface area contributed by atoms with Crippen LogP contribution in [0.4, 0.5) is 0 Å². The van der Waals surface area contributed by atoms with E-state index in [1.54, 1.807) is 41.8 Å². The first-order chi connectivity index (χ1) is 9.16. The molecule has 98 valence electrons. The summed E-state index contributed by atoms with van der Waals surface area (Å²) in [4.78, 5) is 13.8. The largest absolute Gasteiger partial charge is 0.378 e. The van der Waals surface area contributed by atoms with E-state index >= 15 is 0 Å². The van der Waals surface area contributed by atoms with E-state index in [1.165, 1.54) is 4.88 Å². The van der Waals surface area contributed by atoms with Crippen molar-refractivity contribution in [3.05, 3.63) is 57.8 Å². The Morgan fingerprint density at radius 1 is 1.32 bits per heavy atom. The summed E-state index contributed by atoms with van der Waals surface area (Å²) < 4.78 is 0. The molecule has 1 atom stereocenters. The van der Waals surface area contributed by atoms with Crippen LogP contribution in [-0.4, -0.2) is 17.2 Å². The topological polar surface area (TPSA) is 61.7 Å². The van der Waals surface area contributed by atoms with Crippen LogP contribution in [0.3, 0.4) is 0 Å². The highest BCUT2D eigenvalue weighted by Crippen LogP contribution is 2.13. The molecule has 0 spiro atoms. The molecule has 1 aromatic carbocycles. The number of amides is 1. The van der Waals surface area contributed by atoms with Crippen molar-refractivity contribution >= 4 is 23.5 Å². The fourth-order valence-electron chi connectivity index (χ4n) is 1.53. The highest BCUT2D eigenvalue weighted by atomic mass is 32.1. The number of benzene rings is 1. The van der Waals surface area contributed by atoms with Crippen molar-refractivity contribution in [3.8, 4) is 0 Å². The van der Waals surface area contributed by atoms with E-state index in [1.807, 2.05) is 25.1 Å². The van der Waals surface area contributed by atoms with E-state index in [-0.39, 0.29) is 0 Å². The number of thiophene rings is 1. The Morgan fingerprint density at radius 2 is 2.05 bits per heavy atom. The van der Waals surface area contributed by atoms with E-state index in [9.17, 15) is 9.90 Å². The second-order valence-corrected chi connectivity index (χ2v) is 5.32. The molecule has 19 heavy (non-hydrogen) atoms. The molecule has 0 aliphatic rings. The Balaban J connectivity index is 1.93. The fraction of sp³-hybridized carbons (Fsp3) is 0.143. The highest BCUT2D eigenvalue weighted by molar-refractivity contribution is 7.13. The van der Waals surface area contributed by atoms with Gasteiger partial charge in [-0.3, -0.25) is 4.79 Å². The third-order valence-corrected chi connectivity index (χ3v) is 3.43. The van der Waals surface area contributed by atoms with Crippen molar-refractivity contribution in [2.24, 2.45) is 5.10 Å². The van der Waals surface area contributed by atoms with Crippen LogP contribution < -0.4 is 5.43 Å². The molecule has 0 saturated heterocycles. The van der Waals surface area contributed by atoms with Crippen molar-refractivity contribution in [1.82, 2.24) is 5.43 Å². The molecule has 0 bridgehead atoms. The number of aryl methyl sites for hydroxylation is 1. The molecule has 1 amide bonds. The second-order valence-electron chi connectivity index (χ2n) is 4.00. The van der Waals surface area contributed by atoms with E-state index in [4.69, 9.17) is 0 Å². The quantitative estimate of drug-likeness (QED) is 0.663. The number of aliphatic hydroxyl groups is 1. The molecule has 0 fully saturated rings. The van der Waals surface area contributed by atoms with E-state index < -0.39 is 12.0 Å². The summed E-state index contributed by atoms with van der Waals surface area (Å²) in [7, 11) is 0. The number of carbonyl (C=O) groups is 1. The van der Waals surface area contributed by atoms with Gasteiger partial charge in [0, 0.05) is 9.75 Å². The third kappa shape index (κ3) is 3.74. The van der Waals surface area contributed by atoms with Crippen molar-refractivity contribution < 1.29 is 9.90 Å². The molecule has 0 saturated carbocycles. The van der Waals surface area contributed by atoms with Crippen molar-refractivity contribution in [3.63, 3.8) is 0 Å². The lowest BCUT2D eigenvalue weighted by Gasteiger charge is -2.08.